The van der Waals surface area contributed by atoms with Gasteiger partial charge in [-0.15, -0.1) is 0 Å². The van der Waals surface area contributed by atoms with Crippen LogP contribution in [0.25, 0.3) is 0 Å². The van der Waals surface area contributed by atoms with Gasteiger partial charge >= 0.3 is 0 Å². The Morgan fingerprint density at radius 2 is 1.62 bits per heavy atom. The van der Waals surface area contributed by atoms with E-state index in [1.807, 2.05) is 30.3 Å². The Hall–Kier alpha value is -2.88. The Kier molecular flexibility index (Phi) is 4.47. The van der Waals surface area contributed by atoms with Gasteiger partial charge in [-0.3, -0.25) is 4.79 Å². The number of amides is 1. The first kappa shape index (κ1) is 16.0. The zero-order valence-electron chi connectivity index (χ0n) is 13.6. The van der Waals surface area contributed by atoms with Gasteiger partial charge in [0, 0.05) is 7.05 Å². The molecule has 3 rings (SSSR count). The first-order valence-electron chi connectivity index (χ1n) is 7.69. The van der Waals surface area contributed by atoms with Crippen LogP contribution in [0.1, 0.15) is 33.3 Å². The molecule has 0 N–H and O–H groups in total. The summed E-state index contributed by atoms with van der Waals surface area (Å²) in [6, 6.07) is 17.3. The minimum absolute atomic E-state index is 0.139. The van der Waals surface area contributed by atoms with Crippen molar-refractivity contribution in [1.82, 2.24) is 4.90 Å². The lowest BCUT2D eigenvalue weighted by molar-refractivity contribution is 0.0753. The summed E-state index contributed by atoms with van der Waals surface area (Å²) in [7, 11) is 1.75. The lowest BCUT2D eigenvalue weighted by atomic mass is 9.96. The van der Waals surface area contributed by atoms with Crippen LogP contribution in [-0.4, -0.2) is 17.9 Å². The molecule has 2 aromatic carbocycles. The minimum Gasteiger partial charge on any atom is -0.469 e. The molecule has 1 unspecified atom stereocenters. The molecule has 0 aliphatic heterocycles. The van der Waals surface area contributed by atoms with E-state index in [2.05, 4.69) is 0 Å². The Balaban J connectivity index is 2.03. The van der Waals surface area contributed by atoms with Crippen LogP contribution in [0, 0.1) is 12.7 Å². The van der Waals surface area contributed by atoms with Crippen LogP contribution < -0.4 is 0 Å². The summed E-state index contributed by atoms with van der Waals surface area (Å²) in [6.45, 7) is 1.76. The molecule has 1 aromatic heterocycles. The van der Waals surface area contributed by atoms with Gasteiger partial charge < -0.3 is 9.32 Å². The smallest absolute Gasteiger partial charge is 0.257 e. The molecule has 4 heteroatoms. The Morgan fingerprint density at radius 3 is 2.21 bits per heavy atom. The fourth-order valence-corrected chi connectivity index (χ4v) is 2.83. The van der Waals surface area contributed by atoms with Crippen LogP contribution in [0.5, 0.6) is 0 Å². The molecule has 1 heterocycles. The molecule has 0 aliphatic carbocycles. The fourth-order valence-electron chi connectivity index (χ4n) is 2.83. The van der Waals surface area contributed by atoms with Crippen molar-refractivity contribution in [2.45, 2.75) is 13.0 Å². The van der Waals surface area contributed by atoms with Gasteiger partial charge in [-0.05, 0) is 36.2 Å². The molecule has 0 saturated heterocycles. The first-order chi connectivity index (χ1) is 11.6. The molecule has 0 fully saturated rings. The van der Waals surface area contributed by atoms with E-state index in [0.717, 1.165) is 11.1 Å². The number of nitrogens with zero attached hydrogens (tertiary/aromatic N) is 1. The molecule has 3 nitrogen and oxygen atoms in total. The summed E-state index contributed by atoms with van der Waals surface area (Å²) < 4.78 is 18.5. The lowest BCUT2D eigenvalue weighted by Gasteiger charge is -2.29. The topological polar surface area (TPSA) is 33.5 Å². The number of furan rings is 1. The fraction of sp³-hybridized carbons (Fsp3) is 0.150. The van der Waals surface area contributed by atoms with Crippen molar-refractivity contribution < 1.29 is 13.6 Å². The van der Waals surface area contributed by atoms with Crippen molar-refractivity contribution in [3.63, 3.8) is 0 Å². The summed E-state index contributed by atoms with van der Waals surface area (Å²) in [5, 5.41) is 0. The molecular formula is C20H18FNO2. The Bertz CT molecular complexity index is 824. The Labute approximate surface area is 140 Å². The molecule has 3 aromatic rings. The summed E-state index contributed by atoms with van der Waals surface area (Å²) in [6.07, 6.45) is 1.51. The number of benzene rings is 2. The SMILES string of the molecule is Cc1occc1C(=O)N(C)C(c1ccccc1)c1ccc(F)cc1. The monoisotopic (exact) mass is 323 g/mol. The van der Waals surface area contributed by atoms with E-state index in [-0.39, 0.29) is 17.8 Å². The lowest BCUT2D eigenvalue weighted by Crippen LogP contribution is -2.32. The molecule has 0 saturated carbocycles. The van der Waals surface area contributed by atoms with Crippen molar-refractivity contribution in [3.8, 4) is 0 Å². The summed E-state index contributed by atoms with van der Waals surface area (Å²) in [5.41, 5.74) is 2.33. The predicted molar refractivity (Wildman–Crippen MR) is 90.2 cm³/mol. The maximum Gasteiger partial charge on any atom is 0.257 e. The van der Waals surface area contributed by atoms with Crippen LogP contribution in [-0.2, 0) is 0 Å². The number of aryl methyl sites for hydroxylation is 1. The number of hydrogen-bond acceptors (Lipinski definition) is 2. The van der Waals surface area contributed by atoms with Crippen LogP contribution in [0.2, 0.25) is 0 Å². The molecule has 0 radical (unpaired) electrons. The molecule has 24 heavy (non-hydrogen) atoms. The third-order valence-corrected chi connectivity index (χ3v) is 4.10. The quantitative estimate of drug-likeness (QED) is 0.703. The van der Waals surface area contributed by atoms with Crippen LogP contribution in [0.15, 0.2) is 71.3 Å². The maximum absolute atomic E-state index is 13.3. The number of halogens is 1. The highest BCUT2D eigenvalue weighted by molar-refractivity contribution is 5.95. The summed E-state index contributed by atoms with van der Waals surface area (Å²) >= 11 is 0. The van der Waals surface area contributed by atoms with Crippen molar-refractivity contribution in [3.05, 3.63) is 95.2 Å². The van der Waals surface area contributed by atoms with Crippen molar-refractivity contribution in [2.75, 3.05) is 7.05 Å². The van der Waals surface area contributed by atoms with E-state index in [1.165, 1.54) is 18.4 Å². The number of hydrogen-bond donors (Lipinski definition) is 0. The molecular weight excluding hydrogens is 305 g/mol. The maximum atomic E-state index is 13.3. The number of carbonyl (C=O) groups excluding carboxylic acids is 1. The van der Waals surface area contributed by atoms with Gasteiger partial charge in [-0.1, -0.05) is 42.5 Å². The zero-order valence-corrected chi connectivity index (χ0v) is 13.6. The average Bonchev–Trinajstić information content (AvgIpc) is 3.03. The normalized spacial score (nSPS) is 12.0. The highest BCUT2D eigenvalue weighted by Gasteiger charge is 2.26. The van der Waals surface area contributed by atoms with Crippen LogP contribution >= 0.6 is 0 Å². The molecule has 0 spiro atoms. The van der Waals surface area contributed by atoms with Gasteiger partial charge in [0.2, 0.25) is 0 Å². The predicted octanol–water partition coefficient (Wildman–Crippen LogP) is 4.59. The van der Waals surface area contributed by atoms with Gasteiger partial charge in [0.25, 0.3) is 5.91 Å². The van der Waals surface area contributed by atoms with Crippen molar-refractivity contribution in [1.29, 1.82) is 0 Å². The van der Waals surface area contributed by atoms with E-state index < -0.39 is 0 Å². The molecule has 122 valence electrons. The number of rotatable bonds is 4. The second-order valence-corrected chi connectivity index (χ2v) is 5.67. The van der Waals surface area contributed by atoms with Crippen molar-refractivity contribution in [2.24, 2.45) is 0 Å². The Morgan fingerprint density at radius 1 is 1.00 bits per heavy atom. The van der Waals surface area contributed by atoms with Crippen LogP contribution in [0.3, 0.4) is 0 Å². The molecule has 1 amide bonds. The highest BCUT2D eigenvalue weighted by Crippen LogP contribution is 2.29. The van der Waals surface area contributed by atoms with Gasteiger partial charge in [-0.2, -0.15) is 0 Å². The molecule has 0 bridgehead atoms. The van der Waals surface area contributed by atoms with E-state index in [1.54, 1.807) is 37.1 Å². The van der Waals surface area contributed by atoms with Gasteiger partial charge in [0.05, 0.1) is 17.9 Å². The standard InChI is InChI=1S/C20H18FNO2/c1-14-18(12-13-24-14)20(23)22(2)19(15-6-4-3-5-7-15)16-8-10-17(21)11-9-16/h3-13,19H,1-2H3. The average molecular weight is 323 g/mol. The second-order valence-electron chi connectivity index (χ2n) is 5.67. The number of carbonyl (C=O) groups is 1. The van der Waals surface area contributed by atoms with E-state index in [4.69, 9.17) is 4.42 Å². The molecule has 0 aliphatic rings. The van der Waals surface area contributed by atoms with Crippen molar-refractivity contribution >= 4 is 5.91 Å². The second kappa shape index (κ2) is 6.71. The van der Waals surface area contributed by atoms with Gasteiger partial charge in [0.1, 0.15) is 11.6 Å². The zero-order chi connectivity index (χ0) is 17.1. The van der Waals surface area contributed by atoms with E-state index in [9.17, 15) is 9.18 Å². The first-order valence-corrected chi connectivity index (χ1v) is 7.69. The third kappa shape index (κ3) is 3.08. The summed E-state index contributed by atoms with van der Waals surface area (Å²) in [5.74, 6) is 0.141. The van der Waals surface area contributed by atoms with E-state index in [0.29, 0.717) is 11.3 Å². The summed E-state index contributed by atoms with van der Waals surface area (Å²) in [4.78, 5) is 14.5. The third-order valence-electron chi connectivity index (χ3n) is 4.10. The molecule has 1 atom stereocenters. The highest BCUT2D eigenvalue weighted by atomic mass is 19.1. The van der Waals surface area contributed by atoms with Crippen LogP contribution in [0.4, 0.5) is 4.39 Å². The van der Waals surface area contributed by atoms with E-state index >= 15 is 0 Å². The minimum atomic E-state index is -0.311. The van der Waals surface area contributed by atoms with Gasteiger partial charge in [-0.25, -0.2) is 4.39 Å². The largest absolute Gasteiger partial charge is 0.469 e. The van der Waals surface area contributed by atoms with Gasteiger partial charge in [0.15, 0.2) is 0 Å².